The molecular formula is C20H20N2O3. The molecular weight excluding hydrogens is 316 g/mol. The Hall–Kier alpha value is -2.95. The summed E-state index contributed by atoms with van der Waals surface area (Å²) in [6.07, 6.45) is 8.95. The second kappa shape index (κ2) is 7.75. The average Bonchev–Trinajstić information content (AvgIpc) is 3.50. The molecule has 0 aliphatic heterocycles. The maximum absolute atomic E-state index is 12.6. The van der Waals surface area contributed by atoms with Gasteiger partial charge in [-0.1, -0.05) is 12.1 Å². The largest absolute Gasteiger partial charge is 0.465 e. The van der Waals surface area contributed by atoms with E-state index in [9.17, 15) is 9.59 Å². The molecule has 0 atom stereocenters. The fraction of sp³-hybridized carbons (Fsp3) is 0.250. The Kier molecular flexibility index (Phi) is 5.23. The van der Waals surface area contributed by atoms with Crippen molar-refractivity contribution >= 4 is 18.0 Å². The first kappa shape index (κ1) is 16.9. The summed E-state index contributed by atoms with van der Waals surface area (Å²) in [6, 6.07) is 11.1. The molecule has 1 heterocycles. The van der Waals surface area contributed by atoms with E-state index >= 15 is 0 Å². The number of benzene rings is 1. The number of hydrogen-bond acceptors (Lipinski definition) is 4. The molecule has 1 aliphatic rings. The quantitative estimate of drug-likeness (QED) is 0.601. The van der Waals surface area contributed by atoms with Crippen molar-refractivity contribution in [3.63, 3.8) is 0 Å². The van der Waals surface area contributed by atoms with E-state index in [2.05, 4.69) is 9.72 Å². The number of aromatic nitrogens is 1. The summed E-state index contributed by atoms with van der Waals surface area (Å²) in [6.45, 7) is 0.595. The summed E-state index contributed by atoms with van der Waals surface area (Å²) >= 11 is 0. The number of hydrogen-bond donors (Lipinski definition) is 0. The van der Waals surface area contributed by atoms with Crippen molar-refractivity contribution in [2.75, 3.05) is 7.11 Å². The molecule has 1 saturated carbocycles. The molecule has 0 saturated heterocycles. The highest BCUT2D eigenvalue weighted by Gasteiger charge is 2.31. The number of carbonyl (C=O) groups excluding carboxylic acids is 2. The summed E-state index contributed by atoms with van der Waals surface area (Å²) in [5.74, 6) is -0.375. The Morgan fingerprint density at radius 3 is 2.44 bits per heavy atom. The van der Waals surface area contributed by atoms with Gasteiger partial charge in [-0.2, -0.15) is 0 Å². The lowest BCUT2D eigenvalue weighted by molar-refractivity contribution is -0.127. The number of methoxy groups -OCH3 is 1. The number of carbonyl (C=O) groups is 2. The highest BCUT2D eigenvalue weighted by atomic mass is 16.5. The predicted octanol–water partition coefficient (Wildman–Crippen LogP) is 3.07. The number of ether oxygens (including phenoxy) is 1. The monoisotopic (exact) mass is 336 g/mol. The summed E-state index contributed by atoms with van der Waals surface area (Å²) < 4.78 is 4.67. The molecule has 3 rings (SSSR count). The molecule has 1 aromatic heterocycles. The van der Waals surface area contributed by atoms with E-state index in [0.717, 1.165) is 24.0 Å². The fourth-order valence-corrected chi connectivity index (χ4v) is 2.57. The minimum absolute atomic E-state index is 0.00337. The van der Waals surface area contributed by atoms with Gasteiger partial charge in [-0.3, -0.25) is 9.78 Å². The lowest BCUT2D eigenvalue weighted by atomic mass is 10.1. The van der Waals surface area contributed by atoms with Crippen LogP contribution in [0, 0.1) is 0 Å². The molecule has 5 nitrogen and oxygen atoms in total. The number of esters is 1. The second-order valence-corrected chi connectivity index (χ2v) is 6.00. The van der Waals surface area contributed by atoms with Crippen molar-refractivity contribution < 1.29 is 14.3 Å². The molecule has 1 aromatic carbocycles. The SMILES string of the molecule is COC(=O)c1ccc(C=CC(=O)N(Cc2ccncc2)C2CC2)cc1. The van der Waals surface area contributed by atoms with Crippen LogP contribution in [-0.2, 0) is 16.1 Å². The maximum atomic E-state index is 12.6. The Bertz CT molecular complexity index is 765. The van der Waals surface area contributed by atoms with Crippen LogP contribution in [0.3, 0.4) is 0 Å². The molecule has 0 spiro atoms. The summed E-state index contributed by atoms with van der Waals surface area (Å²) in [5, 5.41) is 0. The molecule has 1 aliphatic carbocycles. The van der Waals surface area contributed by atoms with Crippen molar-refractivity contribution in [1.29, 1.82) is 0 Å². The Morgan fingerprint density at radius 2 is 1.84 bits per heavy atom. The van der Waals surface area contributed by atoms with Gasteiger partial charge in [-0.25, -0.2) is 4.79 Å². The van der Waals surface area contributed by atoms with Gasteiger partial charge in [-0.05, 0) is 54.3 Å². The fourth-order valence-electron chi connectivity index (χ4n) is 2.57. The van der Waals surface area contributed by atoms with E-state index in [4.69, 9.17) is 0 Å². The van der Waals surface area contributed by atoms with Crippen LogP contribution in [0.5, 0.6) is 0 Å². The lowest BCUT2D eigenvalue weighted by Gasteiger charge is -2.20. The van der Waals surface area contributed by atoms with E-state index < -0.39 is 0 Å². The average molecular weight is 336 g/mol. The maximum Gasteiger partial charge on any atom is 0.337 e. The van der Waals surface area contributed by atoms with E-state index in [1.807, 2.05) is 17.0 Å². The van der Waals surface area contributed by atoms with Crippen molar-refractivity contribution in [2.24, 2.45) is 0 Å². The van der Waals surface area contributed by atoms with Crippen molar-refractivity contribution in [2.45, 2.75) is 25.4 Å². The predicted molar refractivity (Wildman–Crippen MR) is 94.6 cm³/mol. The molecule has 5 heteroatoms. The van der Waals surface area contributed by atoms with Gasteiger partial charge < -0.3 is 9.64 Å². The van der Waals surface area contributed by atoms with Gasteiger partial charge >= 0.3 is 5.97 Å². The van der Waals surface area contributed by atoms with Crippen LogP contribution in [0.25, 0.3) is 6.08 Å². The van der Waals surface area contributed by atoms with E-state index in [1.54, 1.807) is 48.8 Å². The Balaban J connectivity index is 1.66. The first-order valence-corrected chi connectivity index (χ1v) is 8.23. The molecule has 1 fully saturated rings. The van der Waals surface area contributed by atoms with Crippen LogP contribution in [0.1, 0.15) is 34.3 Å². The smallest absolute Gasteiger partial charge is 0.337 e. The summed E-state index contributed by atoms with van der Waals surface area (Å²) in [7, 11) is 1.35. The van der Waals surface area contributed by atoms with Gasteiger partial charge in [0.1, 0.15) is 0 Å². The number of rotatable bonds is 6. The molecule has 0 radical (unpaired) electrons. The third-order valence-corrected chi connectivity index (χ3v) is 4.12. The second-order valence-electron chi connectivity index (χ2n) is 6.00. The normalized spacial score (nSPS) is 13.6. The van der Waals surface area contributed by atoms with Crippen molar-refractivity contribution in [3.05, 3.63) is 71.6 Å². The zero-order valence-corrected chi connectivity index (χ0v) is 14.1. The Morgan fingerprint density at radius 1 is 1.16 bits per heavy atom. The zero-order valence-electron chi connectivity index (χ0n) is 14.1. The van der Waals surface area contributed by atoms with Crippen LogP contribution < -0.4 is 0 Å². The molecule has 0 N–H and O–H groups in total. The molecule has 2 aromatic rings. The third kappa shape index (κ3) is 4.53. The van der Waals surface area contributed by atoms with Crippen LogP contribution in [0.2, 0.25) is 0 Å². The standard InChI is InChI=1S/C20H20N2O3/c1-25-20(24)17-5-2-15(3-6-17)4-9-19(23)22(18-7-8-18)14-16-10-12-21-13-11-16/h2-6,9-13,18H,7-8,14H2,1H3. The van der Waals surface area contributed by atoms with E-state index in [1.165, 1.54) is 7.11 Å². The van der Waals surface area contributed by atoms with E-state index in [0.29, 0.717) is 18.2 Å². The third-order valence-electron chi connectivity index (χ3n) is 4.12. The molecule has 0 unspecified atom stereocenters. The van der Waals surface area contributed by atoms with Crippen LogP contribution in [-0.4, -0.2) is 34.9 Å². The van der Waals surface area contributed by atoms with Crippen LogP contribution >= 0.6 is 0 Å². The highest BCUT2D eigenvalue weighted by molar-refractivity contribution is 5.93. The number of amides is 1. The highest BCUT2D eigenvalue weighted by Crippen LogP contribution is 2.28. The minimum atomic E-state index is -0.371. The van der Waals surface area contributed by atoms with Gasteiger partial charge in [0.2, 0.25) is 5.91 Å². The topological polar surface area (TPSA) is 59.5 Å². The molecule has 0 bridgehead atoms. The molecule has 128 valence electrons. The summed E-state index contributed by atoms with van der Waals surface area (Å²) in [4.78, 5) is 29.9. The van der Waals surface area contributed by atoms with Gasteiger partial charge in [-0.15, -0.1) is 0 Å². The van der Waals surface area contributed by atoms with Gasteiger partial charge in [0, 0.05) is 31.1 Å². The van der Waals surface area contributed by atoms with Crippen LogP contribution in [0.4, 0.5) is 0 Å². The summed E-state index contributed by atoms with van der Waals surface area (Å²) in [5.41, 5.74) is 2.43. The van der Waals surface area contributed by atoms with Crippen LogP contribution in [0.15, 0.2) is 54.9 Å². The lowest BCUT2D eigenvalue weighted by Crippen LogP contribution is -2.31. The first-order chi connectivity index (χ1) is 12.2. The van der Waals surface area contributed by atoms with E-state index in [-0.39, 0.29) is 11.9 Å². The molecule has 25 heavy (non-hydrogen) atoms. The van der Waals surface area contributed by atoms with Crippen molar-refractivity contribution in [3.8, 4) is 0 Å². The van der Waals surface area contributed by atoms with Gasteiger partial charge in [0.15, 0.2) is 0 Å². The van der Waals surface area contributed by atoms with Crippen molar-refractivity contribution in [1.82, 2.24) is 9.88 Å². The molecule has 1 amide bonds. The zero-order chi connectivity index (χ0) is 17.6. The first-order valence-electron chi connectivity index (χ1n) is 8.23. The van der Waals surface area contributed by atoms with Gasteiger partial charge in [0.25, 0.3) is 0 Å². The van der Waals surface area contributed by atoms with Gasteiger partial charge in [0.05, 0.1) is 12.7 Å². The Labute approximate surface area is 146 Å². The number of pyridine rings is 1. The number of nitrogens with zero attached hydrogens (tertiary/aromatic N) is 2. The minimum Gasteiger partial charge on any atom is -0.465 e.